The normalized spacial score (nSPS) is 41.3. The smallest absolute Gasteiger partial charge is 0.388 e. The van der Waals surface area contributed by atoms with E-state index in [1.807, 2.05) is 0 Å². The Kier molecular flexibility index (Phi) is 4.00. The van der Waals surface area contributed by atoms with Gasteiger partial charge >= 0.3 is 5.97 Å². The zero-order valence-corrected chi connectivity index (χ0v) is 8.15. The summed E-state index contributed by atoms with van der Waals surface area (Å²) < 4.78 is 5.12. The summed E-state index contributed by atoms with van der Waals surface area (Å²) in [7, 11) is 0. The minimum absolute atomic E-state index is 0.286. The molecular weight excluding hydrogens is 208 g/mol. The molecule has 0 unspecified atom stereocenters. The van der Waals surface area contributed by atoms with Gasteiger partial charge in [-0.3, -0.25) is 0 Å². The van der Waals surface area contributed by atoms with Crippen LogP contribution < -0.4 is 0 Å². The zero-order valence-electron chi connectivity index (χ0n) is 8.15. The van der Waals surface area contributed by atoms with Crippen LogP contribution in [-0.2, 0) is 9.62 Å². The highest BCUT2D eigenvalue weighted by atomic mass is 17.1. The lowest BCUT2D eigenvalue weighted by Gasteiger charge is -2.38. The highest BCUT2D eigenvalue weighted by Crippen LogP contribution is 2.22. The lowest BCUT2D eigenvalue weighted by molar-refractivity contribution is -0.220. The summed E-state index contributed by atoms with van der Waals surface area (Å²) in [5, 5.41) is 36.3. The van der Waals surface area contributed by atoms with Gasteiger partial charge in [-0.1, -0.05) is 5.26 Å². The molecule has 1 fully saturated rings. The maximum absolute atomic E-state index is 9.47. The molecule has 0 aliphatic carbocycles. The van der Waals surface area contributed by atoms with Gasteiger partial charge in [0.15, 0.2) is 0 Å². The van der Waals surface area contributed by atoms with Crippen LogP contribution in [0.2, 0.25) is 0 Å². The predicted octanol–water partition coefficient (Wildman–Crippen LogP) is -1.76. The molecule has 88 valence electrons. The molecule has 7 heteroatoms. The number of hydrogen-bond acceptors (Lipinski definition) is 6. The quantitative estimate of drug-likeness (QED) is 0.250. The lowest BCUT2D eigenvalue weighted by atomic mass is 9.94. The van der Waals surface area contributed by atoms with Gasteiger partial charge in [0.1, 0.15) is 30.8 Å². The maximum atomic E-state index is 9.47. The zero-order chi connectivity index (χ0) is 11.6. The molecule has 0 aromatic carbocycles. The molecule has 0 saturated carbocycles. The standard InChI is InChI=1S/C8H14O7/c1-3-6(10)8(12)7(11)4(14-3)2-5(9)15-13/h3-4,6-8,10-13H,2H2,1H3/p+1/t3-,4-,6+,7+,8+/m0/s1. The summed E-state index contributed by atoms with van der Waals surface area (Å²) in [6.07, 6.45) is -5.80. The SMILES string of the molecule is C[C@@H]1O[C@@H](CC(=[OH+])OO)[C@@H](O)[C@H](O)[C@@H]1O. The summed E-state index contributed by atoms with van der Waals surface area (Å²) in [5.74, 6) is -0.727. The fourth-order valence-corrected chi connectivity index (χ4v) is 1.51. The molecule has 0 amide bonds. The van der Waals surface area contributed by atoms with E-state index in [2.05, 4.69) is 4.89 Å². The van der Waals surface area contributed by atoms with Gasteiger partial charge in [0.05, 0.1) is 6.10 Å². The van der Waals surface area contributed by atoms with Crippen LogP contribution in [0.1, 0.15) is 13.3 Å². The van der Waals surface area contributed by atoms with Gasteiger partial charge in [-0.15, -0.1) is 4.89 Å². The van der Waals surface area contributed by atoms with Gasteiger partial charge in [-0.25, -0.2) is 0 Å². The molecule has 5 N–H and O–H groups in total. The van der Waals surface area contributed by atoms with Crippen LogP contribution in [0.4, 0.5) is 0 Å². The molecule has 15 heavy (non-hydrogen) atoms. The number of rotatable bonds is 2. The van der Waals surface area contributed by atoms with Crippen molar-refractivity contribution in [3.63, 3.8) is 0 Å². The summed E-state index contributed by atoms with van der Waals surface area (Å²) >= 11 is 0. The van der Waals surface area contributed by atoms with Crippen molar-refractivity contribution in [3.8, 4) is 0 Å². The molecule has 1 aliphatic rings. The topological polar surface area (TPSA) is 121 Å². The van der Waals surface area contributed by atoms with E-state index in [1.165, 1.54) is 6.92 Å². The molecule has 0 radical (unpaired) electrons. The first kappa shape index (κ1) is 12.3. The van der Waals surface area contributed by atoms with Crippen LogP contribution >= 0.6 is 0 Å². The fourth-order valence-electron chi connectivity index (χ4n) is 1.51. The highest BCUT2D eigenvalue weighted by molar-refractivity contribution is 5.70. The second-order valence-electron chi connectivity index (χ2n) is 3.54. The van der Waals surface area contributed by atoms with Crippen LogP contribution in [0.25, 0.3) is 0 Å². The molecule has 7 nitrogen and oxygen atoms in total. The molecule has 1 saturated heterocycles. The van der Waals surface area contributed by atoms with Gasteiger partial charge in [0.25, 0.3) is 0 Å². The van der Waals surface area contributed by atoms with Crippen molar-refractivity contribution in [1.29, 1.82) is 0 Å². The average Bonchev–Trinajstić information content (AvgIpc) is 2.22. The molecule has 0 bridgehead atoms. The van der Waals surface area contributed by atoms with Crippen LogP contribution in [0.3, 0.4) is 0 Å². The second kappa shape index (κ2) is 4.86. The number of aliphatic hydroxyl groups excluding tert-OH is 3. The highest BCUT2D eigenvalue weighted by Gasteiger charge is 2.43. The minimum Gasteiger partial charge on any atom is -0.388 e. The minimum atomic E-state index is -1.36. The molecule has 0 aromatic heterocycles. The third-order valence-corrected chi connectivity index (χ3v) is 2.43. The largest absolute Gasteiger partial charge is 0.530 e. The Labute approximate surface area is 85.8 Å². The van der Waals surface area contributed by atoms with Crippen molar-refractivity contribution in [1.82, 2.24) is 0 Å². The average molecular weight is 223 g/mol. The first-order valence-electron chi connectivity index (χ1n) is 4.53. The summed E-state index contributed by atoms with van der Waals surface area (Å²) in [6.45, 7) is 1.52. The molecule has 0 aromatic rings. The van der Waals surface area contributed by atoms with E-state index < -0.39 is 36.5 Å². The number of hydrogen-bond donors (Lipinski definition) is 4. The summed E-state index contributed by atoms with van der Waals surface area (Å²) in [5.41, 5.74) is 0. The molecule has 5 atom stereocenters. The van der Waals surface area contributed by atoms with Gasteiger partial charge in [0, 0.05) is 0 Å². The van der Waals surface area contributed by atoms with Gasteiger partial charge in [-0.2, -0.15) is 0 Å². The van der Waals surface area contributed by atoms with E-state index >= 15 is 0 Å². The van der Waals surface area contributed by atoms with Crippen LogP contribution in [0.5, 0.6) is 0 Å². The van der Waals surface area contributed by atoms with Crippen LogP contribution in [0, 0.1) is 0 Å². The van der Waals surface area contributed by atoms with E-state index in [0.29, 0.717) is 0 Å². The number of carbonyl (C=O) groups excluding carboxylic acids is 1. The predicted molar refractivity (Wildman–Crippen MR) is 47.6 cm³/mol. The summed E-state index contributed by atoms with van der Waals surface area (Å²) in [4.78, 5) is 12.4. The molecule has 1 heterocycles. The van der Waals surface area contributed by atoms with Crippen molar-refractivity contribution in [2.75, 3.05) is 0 Å². The molecular formula is C8H15O7+. The van der Waals surface area contributed by atoms with Crippen molar-refractivity contribution in [2.45, 2.75) is 43.9 Å². The maximum Gasteiger partial charge on any atom is 0.530 e. The Morgan fingerprint density at radius 2 is 1.87 bits per heavy atom. The third-order valence-electron chi connectivity index (χ3n) is 2.43. The Balaban J connectivity index is 2.62. The monoisotopic (exact) mass is 223 g/mol. The lowest BCUT2D eigenvalue weighted by Crippen LogP contribution is -2.57. The second-order valence-corrected chi connectivity index (χ2v) is 3.54. The van der Waals surface area contributed by atoms with Crippen molar-refractivity contribution in [2.24, 2.45) is 0 Å². The Morgan fingerprint density at radius 1 is 1.27 bits per heavy atom. The van der Waals surface area contributed by atoms with Gasteiger partial charge in [0.2, 0.25) is 0 Å². The molecule has 0 spiro atoms. The Hall–Kier alpha value is -0.730. The van der Waals surface area contributed by atoms with E-state index in [0.717, 1.165) is 0 Å². The number of ether oxygens (including phenoxy) is 1. The van der Waals surface area contributed by atoms with Gasteiger partial charge in [-0.05, 0) is 6.92 Å². The van der Waals surface area contributed by atoms with E-state index in [1.54, 1.807) is 0 Å². The van der Waals surface area contributed by atoms with Crippen LogP contribution in [0.15, 0.2) is 0 Å². The van der Waals surface area contributed by atoms with E-state index in [4.69, 9.17) is 14.8 Å². The summed E-state index contributed by atoms with van der Waals surface area (Å²) in [6, 6.07) is 0. The van der Waals surface area contributed by atoms with Crippen molar-refractivity contribution < 1.29 is 35.0 Å². The Bertz CT molecular complexity index is 231. The van der Waals surface area contributed by atoms with Crippen LogP contribution in [-0.4, -0.2) is 61.9 Å². The molecule has 1 rings (SSSR count). The third kappa shape index (κ3) is 2.64. The fraction of sp³-hybridized carbons (Fsp3) is 0.875. The van der Waals surface area contributed by atoms with E-state index in [-0.39, 0.29) is 6.42 Å². The Morgan fingerprint density at radius 3 is 2.40 bits per heavy atom. The van der Waals surface area contributed by atoms with Gasteiger partial charge < -0.3 is 24.9 Å². The van der Waals surface area contributed by atoms with Crippen molar-refractivity contribution in [3.05, 3.63) is 0 Å². The first-order valence-corrected chi connectivity index (χ1v) is 4.53. The van der Waals surface area contributed by atoms with Crippen molar-refractivity contribution >= 4 is 5.97 Å². The molecule has 1 aliphatic heterocycles. The first-order chi connectivity index (χ1) is 6.97. The number of aliphatic hydroxyl groups is 3. The van der Waals surface area contributed by atoms with E-state index in [9.17, 15) is 15.3 Å².